The second-order valence-corrected chi connectivity index (χ2v) is 3.69. The fraction of sp³-hybridized carbons (Fsp3) is 0.333. The van der Waals surface area contributed by atoms with E-state index >= 15 is 0 Å². The molecular formula is C12H12F2N2O3. The van der Waals surface area contributed by atoms with Crippen LogP contribution in [0.25, 0.3) is 0 Å². The molecule has 0 aromatic heterocycles. The quantitative estimate of drug-likeness (QED) is 0.804. The average Bonchev–Trinajstić information content (AvgIpc) is 2.40. The average molecular weight is 270 g/mol. The fourth-order valence-electron chi connectivity index (χ4n) is 1.47. The Bertz CT molecular complexity index is 528. The predicted molar refractivity (Wildman–Crippen MR) is 61.2 cm³/mol. The highest BCUT2D eigenvalue weighted by atomic mass is 19.1. The van der Waals surface area contributed by atoms with Gasteiger partial charge in [-0.15, -0.1) is 0 Å². The third kappa shape index (κ3) is 3.17. The van der Waals surface area contributed by atoms with Crippen LogP contribution in [-0.4, -0.2) is 23.9 Å². The monoisotopic (exact) mass is 270 g/mol. The number of halogens is 2. The third-order valence-corrected chi connectivity index (χ3v) is 2.41. The van der Waals surface area contributed by atoms with Crippen LogP contribution in [0, 0.1) is 17.1 Å². The molecular weight excluding hydrogens is 258 g/mol. The molecule has 0 aliphatic carbocycles. The Hall–Kier alpha value is -2.20. The highest BCUT2D eigenvalue weighted by Crippen LogP contribution is 2.30. The number of aromatic hydroxyl groups is 1. The van der Waals surface area contributed by atoms with E-state index in [1.807, 2.05) is 0 Å². The van der Waals surface area contributed by atoms with Crippen molar-refractivity contribution in [2.75, 3.05) is 6.61 Å². The largest absolute Gasteiger partial charge is 0.505 e. The van der Waals surface area contributed by atoms with Crippen molar-refractivity contribution in [3.8, 4) is 11.8 Å². The summed E-state index contributed by atoms with van der Waals surface area (Å²) < 4.78 is 31.4. The molecule has 3 N–H and O–H groups in total. The first-order chi connectivity index (χ1) is 8.92. The normalized spacial score (nSPS) is 13.4. The number of esters is 1. The van der Waals surface area contributed by atoms with Crippen molar-refractivity contribution in [1.82, 2.24) is 0 Å². The van der Waals surface area contributed by atoms with Crippen molar-refractivity contribution in [3.63, 3.8) is 0 Å². The van der Waals surface area contributed by atoms with Gasteiger partial charge in [-0.2, -0.15) is 5.26 Å². The fourth-order valence-corrected chi connectivity index (χ4v) is 1.47. The summed E-state index contributed by atoms with van der Waals surface area (Å²) in [6, 6.07) is 1.82. The topological polar surface area (TPSA) is 96.3 Å². The second kappa shape index (κ2) is 6.11. The van der Waals surface area contributed by atoms with E-state index in [-0.39, 0.29) is 17.7 Å². The zero-order valence-electron chi connectivity index (χ0n) is 10.1. The summed E-state index contributed by atoms with van der Waals surface area (Å²) in [6.07, 6.45) is -2.26. The molecule has 0 fully saturated rings. The molecule has 0 saturated carbocycles. The molecule has 0 saturated heterocycles. The molecule has 5 nitrogen and oxygen atoms in total. The molecule has 19 heavy (non-hydrogen) atoms. The van der Waals surface area contributed by atoms with Crippen LogP contribution in [0.2, 0.25) is 0 Å². The molecule has 1 rings (SSSR count). The summed E-state index contributed by atoms with van der Waals surface area (Å²) >= 11 is 0. The number of nitrogens with zero attached hydrogens (tertiary/aromatic N) is 1. The van der Waals surface area contributed by atoms with Crippen molar-refractivity contribution in [1.29, 1.82) is 5.26 Å². The van der Waals surface area contributed by atoms with Crippen LogP contribution in [-0.2, 0) is 9.53 Å². The SMILES string of the molecule is CCOC(=O)C(F)[C@H](N)c1cc(C#N)cc(F)c1O. The van der Waals surface area contributed by atoms with Crippen LogP contribution in [0.5, 0.6) is 5.75 Å². The number of carbonyl (C=O) groups is 1. The van der Waals surface area contributed by atoms with E-state index < -0.39 is 29.7 Å². The molecule has 0 aliphatic heterocycles. The Labute approximate surface area is 108 Å². The Balaban J connectivity index is 3.12. The number of rotatable bonds is 4. The summed E-state index contributed by atoms with van der Waals surface area (Å²) in [5.41, 5.74) is 4.95. The standard InChI is InChI=1S/C12H12F2N2O3/c1-2-19-12(18)9(14)10(16)7-3-6(5-15)4-8(13)11(7)17/h3-4,9-10,17H,2,16H2,1H3/t9?,10-/m1/s1. The molecule has 0 spiro atoms. The number of hydrogen-bond donors (Lipinski definition) is 2. The molecule has 0 heterocycles. The van der Waals surface area contributed by atoms with Gasteiger partial charge < -0.3 is 15.6 Å². The van der Waals surface area contributed by atoms with Gasteiger partial charge in [-0.3, -0.25) is 0 Å². The maximum Gasteiger partial charge on any atom is 0.342 e. The van der Waals surface area contributed by atoms with Crippen molar-refractivity contribution < 1.29 is 23.4 Å². The zero-order valence-corrected chi connectivity index (χ0v) is 10.1. The lowest BCUT2D eigenvalue weighted by Gasteiger charge is -2.17. The predicted octanol–water partition coefficient (Wildman–Crippen LogP) is 1.30. The number of ether oxygens (including phenoxy) is 1. The molecule has 7 heteroatoms. The summed E-state index contributed by atoms with van der Waals surface area (Å²) in [5, 5.41) is 18.1. The van der Waals surface area contributed by atoms with Crippen LogP contribution in [0.3, 0.4) is 0 Å². The minimum atomic E-state index is -2.26. The molecule has 0 radical (unpaired) electrons. The second-order valence-electron chi connectivity index (χ2n) is 3.69. The van der Waals surface area contributed by atoms with Gasteiger partial charge in [-0.1, -0.05) is 0 Å². The lowest BCUT2D eigenvalue weighted by atomic mass is 9.99. The molecule has 0 aliphatic rings. The van der Waals surface area contributed by atoms with Gasteiger partial charge in [-0.25, -0.2) is 13.6 Å². The van der Waals surface area contributed by atoms with Crippen LogP contribution in [0.1, 0.15) is 24.1 Å². The minimum Gasteiger partial charge on any atom is -0.505 e. The molecule has 0 amide bonds. The molecule has 1 aromatic carbocycles. The summed E-state index contributed by atoms with van der Waals surface area (Å²) in [5.74, 6) is -3.21. The van der Waals surface area contributed by atoms with Crippen LogP contribution in [0.15, 0.2) is 12.1 Å². The Morgan fingerprint density at radius 3 is 2.79 bits per heavy atom. The van der Waals surface area contributed by atoms with Gasteiger partial charge in [0.25, 0.3) is 0 Å². The first-order valence-corrected chi connectivity index (χ1v) is 5.41. The van der Waals surface area contributed by atoms with Crippen LogP contribution in [0.4, 0.5) is 8.78 Å². The van der Waals surface area contributed by atoms with Crippen molar-refractivity contribution in [3.05, 3.63) is 29.1 Å². The van der Waals surface area contributed by atoms with Crippen molar-refractivity contribution in [2.24, 2.45) is 5.73 Å². The zero-order chi connectivity index (χ0) is 14.6. The van der Waals surface area contributed by atoms with E-state index in [4.69, 9.17) is 11.0 Å². The van der Waals surface area contributed by atoms with Gasteiger partial charge in [0.05, 0.1) is 24.3 Å². The molecule has 0 bridgehead atoms. The van der Waals surface area contributed by atoms with Gasteiger partial charge in [-0.05, 0) is 19.1 Å². The number of hydrogen-bond acceptors (Lipinski definition) is 5. The highest BCUT2D eigenvalue weighted by Gasteiger charge is 2.30. The number of benzene rings is 1. The third-order valence-electron chi connectivity index (χ3n) is 2.41. The van der Waals surface area contributed by atoms with E-state index in [2.05, 4.69) is 4.74 Å². The van der Waals surface area contributed by atoms with Crippen LogP contribution >= 0.6 is 0 Å². The lowest BCUT2D eigenvalue weighted by Crippen LogP contribution is -2.31. The summed E-state index contributed by atoms with van der Waals surface area (Å²) in [4.78, 5) is 11.2. The Kier molecular flexibility index (Phi) is 4.78. The van der Waals surface area contributed by atoms with E-state index in [0.717, 1.165) is 12.1 Å². The van der Waals surface area contributed by atoms with E-state index in [1.165, 1.54) is 6.92 Å². The minimum absolute atomic E-state index is 0.0372. The molecule has 1 unspecified atom stereocenters. The van der Waals surface area contributed by atoms with E-state index in [9.17, 15) is 18.7 Å². The Morgan fingerprint density at radius 2 is 2.26 bits per heavy atom. The first kappa shape index (κ1) is 14.9. The lowest BCUT2D eigenvalue weighted by molar-refractivity contribution is -0.149. The summed E-state index contributed by atoms with van der Waals surface area (Å²) in [6.45, 7) is 1.45. The van der Waals surface area contributed by atoms with Gasteiger partial charge in [0.15, 0.2) is 11.6 Å². The number of alkyl halides is 1. The van der Waals surface area contributed by atoms with Gasteiger partial charge >= 0.3 is 5.97 Å². The van der Waals surface area contributed by atoms with Crippen molar-refractivity contribution in [2.45, 2.75) is 19.1 Å². The highest BCUT2D eigenvalue weighted by molar-refractivity contribution is 5.76. The number of phenols is 1. The van der Waals surface area contributed by atoms with E-state index in [0.29, 0.717) is 0 Å². The first-order valence-electron chi connectivity index (χ1n) is 5.41. The Morgan fingerprint density at radius 1 is 1.63 bits per heavy atom. The smallest absolute Gasteiger partial charge is 0.342 e. The number of nitrogens with two attached hydrogens (primary N) is 1. The van der Waals surface area contributed by atoms with Gasteiger partial charge in [0.1, 0.15) is 0 Å². The maximum atomic E-state index is 13.7. The van der Waals surface area contributed by atoms with Crippen LogP contribution < -0.4 is 5.73 Å². The van der Waals surface area contributed by atoms with Gasteiger partial charge in [0.2, 0.25) is 6.17 Å². The molecule has 1 aromatic rings. The summed E-state index contributed by atoms with van der Waals surface area (Å²) in [7, 11) is 0. The molecule has 2 atom stereocenters. The number of carbonyl (C=O) groups excluding carboxylic acids is 1. The number of nitriles is 1. The maximum absolute atomic E-state index is 13.7. The van der Waals surface area contributed by atoms with E-state index in [1.54, 1.807) is 6.07 Å². The van der Waals surface area contributed by atoms with Crippen molar-refractivity contribution >= 4 is 5.97 Å². The molecule has 102 valence electrons. The van der Waals surface area contributed by atoms with Gasteiger partial charge in [0, 0.05) is 5.56 Å². The number of phenolic OH excluding ortho intramolecular Hbond substituents is 1.